The van der Waals surface area contributed by atoms with E-state index in [-0.39, 0.29) is 5.91 Å². The molecule has 0 saturated carbocycles. The van der Waals surface area contributed by atoms with Crippen LogP contribution in [0.25, 0.3) is 0 Å². The number of rotatable bonds is 4. The second-order valence-electron chi connectivity index (χ2n) is 5.45. The predicted molar refractivity (Wildman–Crippen MR) is 88.0 cm³/mol. The summed E-state index contributed by atoms with van der Waals surface area (Å²) >= 11 is 11.8. The lowest BCUT2D eigenvalue weighted by Gasteiger charge is -2.31. The molecule has 1 amide bonds. The first-order valence-corrected chi connectivity index (χ1v) is 8.02. The molecule has 0 atom stereocenters. The average Bonchev–Trinajstić information content (AvgIpc) is 2.50. The molecule has 1 saturated heterocycles. The van der Waals surface area contributed by atoms with Gasteiger partial charge in [-0.05, 0) is 50.5 Å². The van der Waals surface area contributed by atoms with Crippen molar-refractivity contribution < 1.29 is 4.79 Å². The highest BCUT2D eigenvalue weighted by Crippen LogP contribution is 2.29. The number of nitrogen functional groups attached to an aromatic ring is 1. The number of amides is 1. The van der Waals surface area contributed by atoms with Crippen molar-refractivity contribution in [3.05, 3.63) is 27.7 Å². The van der Waals surface area contributed by atoms with Gasteiger partial charge in [0.25, 0.3) is 5.91 Å². The van der Waals surface area contributed by atoms with E-state index in [1.54, 1.807) is 12.1 Å². The molecular weight excluding hydrogens is 309 g/mol. The maximum absolute atomic E-state index is 12.1. The molecule has 1 aliphatic rings. The summed E-state index contributed by atoms with van der Waals surface area (Å²) in [5, 5.41) is 3.56. The minimum Gasteiger partial charge on any atom is -0.397 e. The summed E-state index contributed by atoms with van der Waals surface area (Å²) in [4.78, 5) is 14.6. The number of nitrogens with one attached hydrogen (secondary N) is 1. The molecule has 116 valence electrons. The van der Waals surface area contributed by atoms with Gasteiger partial charge >= 0.3 is 0 Å². The van der Waals surface area contributed by atoms with Crippen molar-refractivity contribution in [3.8, 4) is 0 Å². The van der Waals surface area contributed by atoms with Gasteiger partial charge in [0.05, 0.1) is 15.7 Å². The van der Waals surface area contributed by atoms with Crippen LogP contribution in [0.3, 0.4) is 0 Å². The lowest BCUT2D eigenvalue weighted by molar-refractivity contribution is 0.0937. The standard InChI is InChI=1S/C15H21Cl2N3O/c1-2-20-5-3-10(4-6-20)9-19-15(21)11-7-12(16)14(17)13(18)8-11/h7-8,10H,2-6,9,18H2,1H3,(H,19,21). The minimum atomic E-state index is -0.154. The molecule has 0 aliphatic carbocycles. The number of benzene rings is 1. The van der Waals surface area contributed by atoms with Crippen LogP contribution < -0.4 is 11.1 Å². The largest absolute Gasteiger partial charge is 0.397 e. The normalized spacial score (nSPS) is 16.9. The molecule has 0 spiro atoms. The van der Waals surface area contributed by atoms with E-state index in [9.17, 15) is 4.79 Å². The number of halogens is 2. The topological polar surface area (TPSA) is 58.4 Å². The van der Waals surface area contributed by atoms with E-state index in [2.05, 4.69) is 17.1 Å². The summed E-state index contributed by atoms with van der Waals surface area (Å²) in [6.45, 7) is 6.18. The molecule has 21 heavy (non-hydrogen) atoms. The van der Waals surface area contributed by atoms with Crippen LogP contribution in [0.4, 0.5) is 5.69 Å². The van der Waals surface area contributed by atoms with Crippen molar-refractivity contribution in [2.45, 2.75) is 19.8 Å². The Labute approximate surface area is 135 Å². The van der Waals surface area contributed by atoms with Crippen LogP contribution in [0.2, 0.25) is 10.0 Å². The number of nitrogens with two attached hydrogens (primary N) is 1. The molecule has 3 N–H and O–H groups in total. The minimum absolute atomic E-state index is 0.154. The van der Waals surface area contributed by atoms with Crippen LogP contribution in [0, 0.1) is 5.92 Å². The fourth-order valence-electron chi connectivity index (χ4n) is 2.59. The molecular formula is C15H21Cl2N3O. The molecule has 1 fully saturated rings. The molecule has 4 nitrogen and oxygen atoms in total. The zero-order valence-electron chi connectivity index (χ0n) is 12.2. The van der Waals surface area contributed by atoms with E-state index in [1.807, 2.05) is 0 Å². The van der Waals surface area contributed by atoms with Crippen LogP contribution >= 0.6 is 23.2 Å². The first-order valence-electron chi connectivity index (χ1n) is 7.26. The van der Waals surface area contributed by atoms with Crippen molar-refractivity contribution in [2.75, 3.05) is 31.9 Å². The Morgan fingerprint density at radius 1 is 1.38 bits per heavy atom. The third kappa shape index (κ3) is 4.25. The van der Waals surface area contributed by atoms with Gasteiger partial charge in [0.15, 0.2) is 0 Å². The number of nitrogens with zero attached hydrogens (tertiary/aromatic N) is 1. The Kier molecular flexibility index (Phi) is 5.73. The van der Waals surface area contributed by atoms with E-state index in [1.165, 1.54) is 0 Å². The van der Waals surface area contributed by atoms with E-state index in [0.29, 0.717) is 33.8 Å². The van der Waals surface area contributed by atoms with Gasteiger partial charge in [0, 0.05) is 12.1 Å². The van der Waals surface area contributed by atoms with Gasteiger partial charge in [0.2, 0.25) is 0 Å². The SMILES string of the molecule is CCN1CCC(CNC(=O)c2cc(N)c(Cl)c(Cl)c2)CC1. The quantitative estimate of drug-likeness (QED) is 0.835. The van der Waals surface area contributed by atoms with E-state index >= 15 is 0 Å². The highest BCUT2D eigenvalue weighted by Gasteiger charge is 2.19. The molecule has 1 aromatic rings. The Balaban J connectivity index is 1.88. The van der Waals surface area contributed by atoms with Crippen LogP contribution in [0.5, 0.6) is 0 Å². The molecule has 0 aromatic heterocycles. The van der Waals surface area contributed by atoms with Crippen LogP contribution in [0.1, 0.15) is 30.1 Å². The van der Waals surface area contributed by atoms with Crippen LogP contribution in [0.15, 0.2) is 12.1 Å². The number of carbonyl (C=O) groups excluding carboxylic acids is 1. The maximum Gasteiger partial charge on any atom is 0.251 e. The third-order valence-electron chi connectivity index (χ3n) is 4.02. The van der Waals surface area contributed by atoms with Gasteiger partial charge < -0.3 is 16.0 Å². The van der Waals surface area contributed by atoms with Crippen LogP contribution in [-0.2, 0) is 0 Å². The molecule has 1 heterocycles. The second kappa shape index (κ2) is 7.34. The van der Waals surface area contributed by atoms with Crippen molar-refractivity contribution >= 4 is 34.8 Å². The van der Waals surface area contributed by atoms with E-state index in [0.717, 1.165) is 32.5 Å². The first-order chi connectivity index (χ1) is 10.0. The zero-order valence-corrected chi connectivity index (χ0v) is 13.7. The van der Waals surface area contributed by atoms with Gasteiger partial charge in [0.1, 0.15) is 0 Å². The molecule has 0 radical (unpaired) electrons. The molecule has 2 rings (SSSR count). The smallest absolute Gasteiger partial charge is 0.251 e. The average molecular weight is 330 g/mol. The Bertz CT molecular complexity index is 491. The number of piperidine rings is 1. The maximum atomic E-state index is 12.1. The van der Waals surface area contributed by atoms with Gasteiger partial charge in [-0.1, -0.05) is 30.1 Å². The molecule has 0 bridgehead atoms. The fourth-order valence-corrected chi connectivity index (χ4v) is 2.92. The monoisotopic (exact) mass is 329 g/mol. The Morgan fingerprint density at radius 3 is 2.62 bits per heavy atom. The Hall–Kier alpha value is -0.970. The summed E-state index contributed by atoms with van der Waals surface area (Å²) in [5.41, 5.74) is 6.50. The predicted octanol–water partition coefficient (Wildman–Crippen LogP) is 3.04. The zero-order chi connectivity index (χ0) is 15.4. The van der Waals surface area contributed by atoms with Crippen LogP contribution in [-0.4, -0.2) is 37.0 Å². The number of likely N-dealkylation sites (tertiary alicyclic amines) is 1. The lowest BCUT2D eigenvalue weighted by Crippen LogP contribution is -2.38. The highest BCUT2D eigenvalue weighted by atomic mass is 35.5. The van der Waals surface area contributed by atoms with Crippen molar-refractivity contribution in [1.29, 1.82) is 0 Å². The number of carbonyl (C=O) groups is 1. The third-order valence-corrected chi connectivity index (χ3v) is 4.84. The van der Waals surface area contributed by atoms with Gasteiger partial charge in [-0.2, -0.15) is 0 Å². The van der Waals surface area contributed by atoms with Crippen molar-refractivity contribution in [1.82, 2.24) is 10.2 Å². The van der Waals surface area contributed by atoms with Crippen molar-refractivity contribution in [2.24, 2.45) is 5.92 Å². The van der Waals surface area contributed by atoms with Gasteiger partial charge in [-0.15, -0.1) is 0 Å². The summed E-state index contributed by atoms with van der Waals surface area (Å²) in [5.74, 6) is 0.384. The Morgan fingerprint density at radius 2 is 2.05 bits per heavy atom. The molecule has 1 aliphatic heterocycles. The van der Waals surface area contributed by atoms with E-state index < -0.39 is 0 Å². The summed E-state index contributed by atoms with van der Waals surface area (Å²) < 4.78 is 0. The molecule has 0 unspecified atom stereocenters. The summed E-state index contributed by atoms with van der Waals surface area (Å²) in [6, 6.07) is 3.11. The summed E-state index contributed by atoms with van der Waals surface area (Å²) in [7, 11) is 0. The number of hydrogen-bond donors (Lipinski definition) is 2. The second-order valence-corrected chi connectivity index (χ2v) is 6.23. The molecule has 1 aromatic carbocycles. The fraction of sp³-hybridized carbons (Fsp3) is 0.533. The molecule has 6 heteroatoms. The first kappa shape index (κ1) is 16.4. The number of anilines is 1. The van der Waals surface area contributed by atoms with Gasteiger partial charge in [-0.3, -0.25) is 4.79 Å². The number of hydrogen-bond acceptors (Lipinski definition) is 3. The van der Waals surface area contributed by atoms with Crippen molar-refractivity contribution in [3.63, 3.8) is 0 Å². The highest BCUT2D eigenvalue weighted by molar-refractivity contribution is 6.43. The summed E-state index contributed by atoms with van der Waals surface area (Å²) in [6.07, 6.45) is 2.25. The van der Waals surface area contributed by atoms with Gasteiger partial charge in [-0.25, -0.2) is 0 Å². The lowest BCUT2D eigenvalue weighted by atomic mass is 9.96. The van der Waals surface area contributed by atoms with E-state index in [4.69, 9.17) is 28.9 Å².